The Labute approximate surface area is 161 Å². The van der Waals surface area contributed by atoms with E-state index >= 15 is 0 Å². The molecule has 6 nitrogen and oxygen atoms in total. The Morgan fingerprint density at radius 2 is 1.59 bits per heavy atom. The second kappa shape index (κ2) is 8.13. The Balaban J connectivity index is 1.99. The fraction of sp³-hybridized carbons (Fsp3) is 0.524. The number of rotatable bonds is 6. The van der Waals surface area contributed by atoms with Gasteiger partial charge in [-0.15, -0.1) is 0 Å². The van der Waals surface area contributed by atoms with Crippen molar-refractivity contribution in [3.63, 3.8) is 0 Å². The Morgan fingerprint density at radius 3 is 2.11 bits per heavy atom. The van der Waals surface area contributed by atoms with Gasteiger partial charge in [-0.3, -0.25) is 14.5 Å². The Bertz CT molecular complexity index is 732. The van der Waals surface area contributed by atoms with Crippen LogP contribution >= 0.6 is 0 Å². The number of amides is 2. The first-order chi connectivity index (χ1) is 13.0. The Morgan fingerprint density at radius 1 is 0.963 bits per heavy atom. The predicted octanol–water partition coefficient (Wildman–Crippen LogP) is 2.21. The van der Waals surface area contributed by atoms with Crippen LogP contribution < -0.4 is 4.74 Å². The summed E-state index contributed by atoms with van der Waals surface area (Å²) in [6.45, 7) is 12.8. The van der Waals surface area contributed by atoms with Gasteiger partial charge in [0.05, 0.1) is 12.2 Å². The number of likely N-dealkylation sites (N-methyl/N-ethyl adjacent to an activating group) is 1. The summed E-state index contributed by atoms with van der Waals surface area (Å²) in [5.41, 5.74) is 1.84. The van der Waals surface area contributed by atoms with Crippen LogP contribution in [0.25, 0.3) is 5.57 Å². The molecule has 0 aliphatic carbocycles. The molecule has 2 aliphatic heterocycles. The van der Waals surface area contributed by atoms with Gasteiger partial charge in [0.2, 0.25) is 0 Å². The van der Waals surface area contributed by atoms with E-state index < -0.39 is 0 Å². The lowest BCUT2D eigenvalue weighted by molar-refractivity contribution is -0.139. The number of imide groups is 1. The third-order valence-electron chi connectivity index (χ3n) is 5.20. The number of carbonyl (C=O) groups is 2. The van der Waals surface area contributed by atoms with Crippen LogP contribution in [0, 0.1) is 0 Å². The van der Waals surface area contributed by atoms with Crippen LogP contribution in [0.1, 0.15) is 33.3 Å². The van der Waals surface area contributed by atoms with Gasteiger partial charge in [-0.05, 0) is 45.0 Å². The van der Waals surface area contributed by atoms with Crippen molar-refractivity contribution in [1.82, 2.24) is 14.7 Å². The van der Waals surface area contributed by atoms with Crippen LogP contribution in [0.5, 0.6) is 5.75 Å². The summed E-state index contributed by atoms with van der Waals surface area (Å²) in [5, 5.41) is 0. The van der Waals surface area contributed by atoms with Gasteiger partial charge in [0.1, 0.15) is 11.4 Å². The van der Waals surface area contributed by atoms with Crippen LogP contribution in [0.2, 0.25) is 0 Å². The minimum Gasteiger partial charge on any atom is -0.494 e. The monoisotopic (exact) mass is 371 g/mol. The molecule has 0 N–H and O–H groups in total. The van der Waals surface area contributed by atoms with Crippen molar-refractivity contribution < 1.29 is 14.3 Å². The van der Waals surface area contributed by atoms with Crippen LogP contribution in [0.15, 0.2) is 30.0 Å². The quantitative estimate of drug-likeness (QED) is 0.718. The highest BCUT2D eigenvalue weighted by Crippen LogP contribution is 2.34. The molecular weight excluding hydrogens is 342 g/mol. The number of benzene rings is 1. The van der Waals surface area contributed by atoms with Crippen molar-refractivity contribution in [2.75, 3.05) is 39.3 Å². The average Bonchev–Trinajstić information content (AvgIpc) is 2.93. The van der Waals surface area contributed by atoms with Crippen LogP contribution in [0.3, 0.4) is 0 Å². The number of hydrogen-bond acceptors (Lipinski definition) is 5. The molecule has 6 heteroatoms. The molecule has 1 fully saturated rings. The topological polar surface area (TPSA) is 53.1 Å². The van der Waals surface area contributed by atoms with Gasteiger partial charge in [0.15, 0.2) is 0 Å². The van der Waals surface area contributed by atoms with Crippen molar-refractivity contribution in [2.24, 2.45) is 0 Å². The first-order valence-electron chi connectivity index (χ1n) is 9.80. The van der Waals surface area contributed by atoms with Gasteiger partial charge >= 0.3 is 0 Å². The van der Waals surface area contributed by atoms with Gasteiger partial charge in [0.25, 0.3) is 11.8 Å². The van der Waals surface area contributed by atoms with Crippen molar-refractivity contribution >= 4 is 17.4 Å². The SMILES string of the molecule is CCOc1ccc(C2=C(N3CCN(CC)CC3)C(=O)N(C(C)C)C2=O)cc1. The summed E-state index contributed by atoms with van der Waals surface area (Å²) in [4.78, 5) is 32.1. The maximum Gasteiger partial charge on any atom is 0.278 e. The Hall–Kier alpha value is -2.34. The summed E-state index contributed by atoms with van der Waals surface area (Å²) < 4.78 is 5.50. The lowest BCUT2D eigenvalue weighted by atomic mass is 10.0. The zero-order valence-electron chi connectivity index (χ0n) is 16.7. The first-order valence-corrected chi connectivity index (χ1v) is 9.80. The van der Waals surface area contributed by atoms with Crippen molar-refractivity contribution in [3.05, 3.63) is 35.5 Å². The van der Waals surface area contributed by atoms with Gasteiger partial charge in [0, 0.05) is 32.2 Å². The van der Waals surface area contributed by atoms with Gasteiger partial charge in [-0.1, -0.05) is 19.1 Å². The third kappa shape index (κ3) is 3.72. The van der Waals surface area contributed by atoms with Crippen molar-refractivity contribution in [2.45, 2.75) is 33.7 Å². The zero-order chi connectivity index (χ0) is 19.6. The van der Waals surface area contributed by atoms with E-state index in [-0.39, 0.29) is 17.9 Å². The molecule has 2 heterocycles. The van der Waals surface area contributed by atoms with E-state index in [4.69, 9.17) is 4.74 Å². The van der Waals surface area contributed by atoms with Gasteiger partial charge in [-0.2, -0.15) is 0 Å². The van der Waals surface area contributed by atoms with E-state index in [1.807, 2.05) is 45.0 Å². The number of carbonyl (C=O) groups excluding carboxylic acids is 2. The smallest absolute Gasteiger partial charge is 0.278 e. The van der Waals surface area contributed by atoms with E-state index in [0.29, 0.717) is 17.9 Å². The molecule has 0 spiro atoms. The van der Waals surface area contributed by atoms with Crippen LogP contribution in [-0.4, -0.2) is 71.9 Å². The fourth-order valence-electron chi connectivity index (χ4n) is 3.73. The second-order valence-electron chi connectivity index (χ2n) is 7.18. The normalized spacial score (nSPS) is 18.9. The molecule has 0 unspecified atom stereocenters. The molecule has 0 atom stereocenters. The maximum absolute atomic E-state index is 13.1. The summed E-state index contributed by atoms with van der Waals surface area (Å²) in [7, 11) is 0. The standard InChI is InChI=1S/C21H29N3O3/c1-5-22-11-13-23(14-12-22)19-18(20(25)24(15(3)4)21(19)26)16-7-9-17(10-8-16)27-6-2/h7-10,15H,5-6,11-14H2,1-4H3. The lowest BCUT2D eigenvalue weighted by Crippen LogP contribution is -2.47. The molecule has 3 rings (SSSR count). The molecule has 2 amide bonds. The molecule has 0 radical (unpaired) electrons. The van der Waals surface area contributed by atoms with Crippen LogP contribution in [-0.2, 0) is 9.59 Å². The fourth-order valence-corrected chi connectivity index (χ4v) is 3.73. The first kappa shape index (κ1) is 19.4. The summed E-state index contributed by atoms with van der Waals surface area (Å²) in [6, 6.07) is 7.29. The zero-order valence-corrected chi connectivity index (χ0v) is 16.7. The maximum atomic E-state index is 13.1. The van der Waals surface area contributed by atoms with E-state index in [1.54, 1.807) is 0 Å². The van der Waals surface area contributed by atoms with Crippen molar-refractivity contribution in [3.8, 4) is 5.75 Å². The van der Waals surface area contributed by atoms with Crippen LogP contribution in [0.4, 0.5) is 0 Å². The van der Waals surface area contributed by atoms with E-state index in [2.05, 4.69) is 16.7 Å². The van der Waals surface area contributed by atoms with Gasteiger partial charge in [-0.25, -0.2) is 0 Å². The highest BCUT2D eigenvalue weighted by molar-refractivity contribution is 6.35. The number of ether oxygens (including phenoxy) is 1. The molecular formula is C21H29N3O3. The molecule has 27 heavy (non-hydrogen) atoms. The number of piperazine rings is 1. The van der Waals surface area contributed by atoms with Crippen molar-refractivity contribution in [1.29, 1.82) is 0 Å². The number of nitrogens with zero attached hydrogens (tertiary/aromatic N) is 3. The van der Waals surface area contributed by atoms with E-state index in [9.17, 15) is 9.59 Å². The number of hydrogen-bond donors (Lipinski definition) is 0. The summed E-state index contributed by atoms with van der Waals surface area (Å²) in [5.74, 6) is 0.383. The largest absolute Gasteiger partial charge is 0.494 e. The molecule has 0 saturated carbocycles. The molecule has 146 valence electrons. The summed E-state index contributed by atoms with van der Waals surface area (Å²) in [6.07, 6.45) is 0. The molecule has 1 aromatic rings. The minimum atomic E-state index is -0.202. The van der Waals surface area contributed by atoms with Gasteiger partial charge < -0.3 is 14.5 Å². The third-order valence-corrected chi connectivity index (χ3v) is 5.20. The minimum absolute atomic E-state index is 0.169. The summed E-state index contributed by atoms with van der Waals surface area (Å²) >= 11 is 0. The predicted molar refractivity (Wildman–Crippen MR) is 105 cm³/mol. The lowest BCUT2D eigenvalue weighted by Gasteiger charge is -2.36. The highest BCUT2D eigenvalue weighted by atomic mass is 16.5. The Kier molecular flexibility index (Phi) is 5.85. The highest BCUT2D eigenvalue weighted by Gasteiger charge is 2.43. The molecule has 0 aromatic heterocycles. The average molecular weight is 371 g/mol. The molecule has 1 saturated heterocycles. The van der Waals surface area contributed by atoms with E-state index in [0.717, 1.165) is 44.0 Å². The second-order valence-corrected chi connectivity index (χ2v) is 7.18. The molecule has 2 aliphatic rings. The van der Waals surface area contributed by atoms with E-state index in [1.165, 1.54) is 4.90 Å². The molecule has 1 aromatic carbocycles. The molecule has 0 bridgehead atoms.